The average Bonchev–Trinajstić information content (AvgIpc) is 3.21. The predicted molar refractivity (Wildman–Crippen MR) is 71.5 cm³/mol. The normalized spacial score (nSPS) is 18.6. The Bertz CT molecular complexity index is 596. The van der Waals surface area contributed by atoms with Gasteiger partial charge in [0.25, 0.3) is 0 Å². The van der Waals surface area contributed by atoms with Gasteiger partial charge in [-0.3, -0.25) is 0 Å². The lowest BCUT2D eigenvalue weighted by Crippen LogP contribution is -2.42. The van der Waals surface area contributed by atoms with Crippen molar-refractivity contribution in [2.45, 2.75) is 30.3 Å². The minimum atomic E-state index is -3.94. The van der Waals surface area contributed by atoms with Crippen LogP contribution >= 0.6 is 0 Å². The van der Waals surface area contributed by atoms with Crippen LogP contribution in [0.3, 0.4) is 0 Å². The maximum absolute atomic E-state index is 13.2. The summed E-state index contributed by atoms with van der Waals surface area (Å²) in [4.78, 5) is -0.272. The molecule has 0 bridgehead atoms. The van der Waals surface area contributed by atoms with Gasteiger partial charge >= 0.3 is 0 Å². The van der Waals surface area contributed by atoms with Crippen LogP contribution in [-0.4, -0.2) is 32.8 Å². The SMILES string of the molecule is COc1ccc(F)cc1S(=O)(=O)NCC(C)(O)C1CC1. The number of aliphatic hydroxyl groups is 1. The number of sulfonamides is 1. The van der Waals surface area contributed by atoms with Gasteiger partial charge in [-0.25, -0.2) is 17.5 Å². The van der Waals surface area contributed by atoms with Crippen molar-refractivity contribution in [3.63, 3.8) is 0 Å². The average molecular weight is 303 g/mol. The molecule has 1 unspecified atom stereocenters. The number of benzene rings is 1. The third-order valence-corrected chi connectivity index (χ3v) is 4.91. The number of methoxy groups -OCH3 is 1. The number of hydrogen-bond acceptors (Lipinski definition) is 4. The summed E-state index contributed by atoms with van der Waals surface area (Å²) >= 11 is 0. The number of ether oxygens (including phenoxy) is 1. The maximum Gasteiger partial charge on any atom is 0.244 e. The number of nitrogens with one attached hydrogen (secondary N) is 1. The van der Waals surface area contributed by atoms with E-state index >= 15 is 0 Å². The second-order valence-corrected chi connectivity index (χ2v) is 6.99. The van der Waals surface area contributed by atoms with Crippen LogP contribution in [0.15, 0.2) is 23.1 Å². The zero-order valence-corrected chi connectivity index (χ0v) is 12.2. The molecule has 0 radical (unpaired) electrons. The molecule has 112 valence electrons. The van der Waals surface area contributed by atoms with Crippen molar-refractivity contribution in [1.82, 2.24) is 4.72 Å². The fourth-order valence-electron chi connectivity index (χ4n) is 2.03. The smallest absolute Gasteiger partial charge is 0.244 e. The topological polar surface area (TPSA) is 75.6 Å². The fourth-order valence-corrected chi connectivity index (χ4v) is 3.35. The van der Waals surface area contributed by atoms with Gasteiger partial charge in [0.15, 0.2) is 0 Å². The van der Waals surface area contributed by atoms with Crippen LogP contribution in [0.25, 0.3) is 0 Å². The first-order valence-corrected chi connectivity index (χ1v) is 7.80. The van der Waals surface area contributed by atoms with E-state index in [4.69, 9.17) is 4.74 Å². The molecule has 0 saturated heterocycles. The Hall–Kier alpha value is -1.18. The van der Waals surface area contributed by atoms with Crippen LogP contribution in [0, 0.1) is 11.7 Å². The Morgan fingerprint density at radius 1 is 1.50 bits per heavy atom. The Kier molecular flexibility index (Phi) is 4.04. The van der Waals surface area contributed by atoms with Crippen molar-refractivity contribution in [2.24, 2.45) is 5.92 Å². The van der Waals surface area contributed by atoms with Gasteiger partial charge in [0.1, 0.15) is 16.5 Å². The maximum atomic E-state index is 13.2. The Morgan fingerprint density at radius 3 is 2.70 bits per heavy atom. The summed E-state index contributed by atoms with van der Waals surface area (Å²) in [7, 11) is -2.63. The lowest BCUT2D eigenvalue weighted by molar-refractivity contribution is 0.0422. The monoisotopic (exact) mass is 303 g/mol. The molecule has 0 aliphatic heterocycles. The van der Waals surface area contributed by atoms with Gasteiger partial charge in [0, 0.05) is 6.54 Å². The first-order valence-electron chi connectivity index (χ1n) is 6.32. The fraction of sp³-hybridized carbons (Fsp3) is 0.538. The first-order chi connectivity index (χ1) is 9.26. The first kappa shape index (κ1) is 15.2. The van der Waals surface area contributed by atoms with Crippen molar-refractivity contribution >= 4 is 10.0 Å². The highest BCUT2D eigenvalue weighted by Gasteiger charge is 2.40. The standard InChI is InChI=1S/C13H18FNO4S/c1-13(16,9-3-4-9)8-15-20(17,18)12-7-10(14)5-6-11(12)19-2/h5-7,9,15-16H,3-4,8H2,1-2H3. The molecule has 0 aromatic heterocycles. The molecule has 0 heterocycles. The predicted octanol–water partition coefficient (Wildman–Crippen LogP) is 1.27. The summed E-state index contributed by atoms with van der Waals surface area (Å²) in [6.45, 7) is 1.48. The third kappa shape index (κ3) is 3.28. The Morgan fingerprint density at radius 2 is 2.15 bits per heavy atom. The van der Waals surface area contributed by atoms with Gasteiger partial charge in [-0.2, -0.15) is 0 Å². The van der Waals surface area contributed by atoms with Crippen molar-refractivity contribution in [3.05, 3.63) is 24.0 Å². The number of hydrogen-bond donors (Lipinski definition) is 2. The molecule has 1 atom stereocenters. The molecule has 1 aliphatic carbocycles. The van der Waals surface area contributed by atoms with Crippen LogP contribution in [0.2, 0.25) is 0 Å². The highest BCUT2D eigenvalue weighted by Crippen LogP contribution is 2.39. The molecule has 2 N–H and O–H groups in total. The molecule has 1 aromatic carbocycles. The summed E-state index contributed by atoms with van der Waals surface area (Å²) in [6.07, 6.45) is 1.77. The van der Waals surface area contributed by atoms with E-state index in [-0.39, 0.29) is 23.1 Å². The van der Waals surface area contributed by atoms with E-state index in [9.17, 15) is 17.9 Å². The molecule has 1 aliphatic rings. The highest BCUT2D eigenvalue weighted by atomic mass is 32.2. The zero-order valence-electron chi connectivity index (χ0n) is 11.4. The third-order valence-electron chi connectivity index (χ3n) is 3.49. The lowest BCUT2D eigenvalue weighted by Gasteiger charge is -2.23. The van der Waals surface area contributed by atoms with Gasteiger partial charge in [-0.15, -0.1) is 0 Å². The Labute approximate surface area is 117 Å². The lowest BCUT2D eigenvalue weighted by atomic mass is 10.0. The van der Waals surface area contributed by atoms with E-state index in [1.165, 1.54) is 13.2 Å². The van der Waals surface area contributed by atoms with Gasteiger partial charge in [-0.1, -0.05) is 0 Å². The summed E-state index contributed by atoms with van der Waals surface area (Å²) in [5.41, 5.74) is -1.09. The molecule has 1 aromatic rings. The van der Waals surface area contributed by atoms with Crippen LogP contribution < -0.4 is 9.46 Å². The molecule has 2 rings (SSSR count). The van der Waals surface area contributed by atoms with Crippen LogP contribution in [0.4, 0.5) is 4.39 Å². The van der Waals surface area contributed by atoms with Gasteiger partial charge < -0.3 is 9.84 Å². The summed E-state index contributed by atoms with van der Waals surface area (Å²) in [6, 6.07) is 3.27. The molecule has 0 amide bonds. The minimum absolute atomic E-state index is 0.0602. The van der Waals surface area contributed by atoms with Gasteiger partial charge in [-0.05, 0) is 43.9 Å². The van der Waals surface area contributed by atoms with E-state index in [1.54, 1.807) is 6.92 Å². The van der Waals surface area contributed by atoms with E-state index in [0.29, 0.717) is 0 Å². The molecule has 20 heavy (non-hydrogen) atoms. The van der Waals surface area contributed by atoms with Crippen LogP contribution in [0.5, 0.6) is 5.75 Å². The second kappa shape index (κ2) is 5.31. The number of halogens is 1. The van der Waals surface area contributed by atoms with Crippen LogP contribution in [0.1, 0.15) is 19.8 Å². The summed E-state index contributed by atoms with van der Waals surface area (Å²) < 4.78 is 44.8. The van der Waals surface area contributed by atoms with Crippen molar-refractivity contribution in [3.8, 4) is 5.75 Å². The highest BCUT2D eigenvalue weighted by molar-refractivity contribution is 7.89. The number of rotatable bonds is 6. The van der Waals surface area contributed by atoms with Gasteiger partial charge in [0.05, 0.1) is 12.7 Å². The largest absolute Gasteiger partial charge is 0.495 e. The van der Waals surface area contributed by atoms with Crippen LogP contribution in [-0.2, 0) is 10.0 Å². The summed E-state index contributed by atoms with van der Waals surface area (Å²) in [5.74, 6) is -0.496. The molecule has 7 heteroatoms. The van der Waals surface area contributed by atoms with E-state index in [0.717, 1.165) is 25.0 Å². The Balaban J connectivity index is 2.19. The molecular formula is C13H18FNO4S. The molecule has 1 fully saturated rings. The second-order valence-electron chi connectivity index (χ2n) is 5.25. The molecule has 1 saturated carbocycles. The van der Waals surface area contributed by atoms with Crippen molar-refractivity contribution in [1.29, 1.82) is 0 Å². The van der Waals surface area contributed by atoms with E-state index < -0.39 is 21.4 Å². The molecule has 0 spiro atoms. The van der Waals surface area contributed by atoms with E-state index in [1.807, 2.05) is 0 Å². The minimum Gasteiger partial charge on any atom is -0.495 e. The summed E-state index contributed by atoms with van der Waals surface area (Å²) in [5, 5.41) is 10.1. The zero-order chi connectivity index (χ0) is 15.0. The van der Waals surface area contributed by atoms with Gasteiger partial charge in [0.2, 0.25) is 10.0 Å². The van der Waals surface area contributed by atoms with Crippen molar-refractivity contribution in [2.75, 3.05) is 13.7 Å². The van der Waals surface area contributed by atoms with Crippen molar-refractivity contribution < 1.29 is 22.7 Å². The quantitative estimate of drug-likeness (QED) is 0.830. The molecule has 5 nitrogen and oxygen atoms in total. The van der Waals surface area contributed by atoms with E-state index in [2.05, 4.69) is 4.72 Å². The molecular weight excluding hydrogens is 285 g/mol.